The largest absolute Gasteiger partial charge is 0.481 e. The van der Waals surface area contributed by atoms with Gasteiger partial charge in [0.1, 0.15) is 33.5 Å². The first-order valence-corrected chi connectivity index (χ1v) is 28.5. The molecular weight excluding hydrogens is 1080 g/mol. The van der Waals surface area contributed by atoms with E-state index in [1.54, 1.807) is 22.7 Å². The Hall–Kier alpha value is -9.42. The highest BCUT2D eigenvalue weighted by atomic mass is 32.1. The van der Waals surface area contributed by atoms with Crippen molar-refractivity contribution in [1.29, 1.82) is 0 Å². The van der Waals surface area contributed by atoms with E-state index in [-0.39, 0.29) is 25.7 Å². The van der Waals surface area contributed by atoms with Crippen LogP contribution in [-0.2, 0) is 44.9 Å². The summed E-state index contributed by atoms with van der Waals surface area (Å²) in [4.78, 5) is 63.0. The zero-order valence-corrected chi connectivity index (χ0v) is 45.8. The first-order chi connectivity index (χ1) is 39.4. The van der Waals surface area contributed by atoms with Gasteiger partial charge in [0.05, 0.1) is 21.5 Å². The van der Waals surface area contributed by atoms with Gasteiger partial charge in [-0.3, -0.25) is 19.2 Å². The minimum absolute atomic E-state index is 0.0197. The van der Waals surface area contributed by atoms with Crippen LogP contribution in [0.15, 0.2) is 181 Å². The maximum Gasteiger partial charge on any atom is 0.303 e. The van der Waals surface area contributed by atoms with Crippen LogP contribution in [-0.4, -0.2) is 63.0 Å². The Labute approximate surface area is 477 Å². The molecule has 0 aliphatic heterocycles. The summed E-state index contributed by atoms with van der Waals surface area (Å²) in [6.45, 7) is 0. The highest BCUT2D eigenvalue weighted by Crippen LogP contribution is 2.47. The minimum atomic E-state index is -0.861. The van der Waals surface area contributed by atoms with E-state index in [1.165, 1.54) is 0 Å². The number of carbonyl (C=O) groups is 4. The van der Waals surface area contributed by atoms with Crippen LogP contribution in [0.3, 0.4) is 0 Å². The lowest BCUT2D eigenvalue weighted by Crippen LogP contribution is -2.10. The summed E-state index contributed by atoms with van der Waals surface area (Å²) in [5, 5.41) is 41.5. The van der Waals surface area contributed by atoms with E-state index >= 15 is 0 Å². The van der Waals surface area contributed by atoms with E-state index in [0.717, 1.165) is 112 Å². The van der Waals surface area contributed by atoms with E-state index in [1.807, 2.05) is 144 Å². The standard InChI is InChI=1S/C64H50N6O8S3/c71-53(72)33-13-39-5-21-45(22-6-39)69(46-23-7-40(8-24-46)14-34-54(73)74)49-29-17-43(18-30-49)57-61-62(66-60(52-4-2-38-80-52)59(65-61)51-3-1-37-79-51)58(64-63(57)67-81-68-64)44-19-31-50(32-20-44)70(47-25-9-41(10-26-47)15-35-55(75)76)48-27-11-42(12-28-48)16-36-56(77)78/h1-12,17-32,37-38H,13-16,33-36H2,(H,71,72)(H,73,74)(H,75,76)(H,77,78). The number of thiophene rings is 2. The van der Waals surface area contributed by atoms with Gasteiger partial charge in [-0.05, 0) is 155 Å². The van der Waals surface area contributed by atoms with Gasteiger partial charge in [0, 0.05) is 70.9 Å². The molecule has 0 bridgehead atoms. The van der Waals surface area contributed by atoms with E-state index < -0.39 is 23.9 Å². The van der Waals surface area contributed by atoms with Crippen LogP contribution in [0.2, 0.25) is 0 Å². The lowest BCUT2D eigenvalue weighted by molar-refractivity contribution is -0.138. The molecular formula is C64H50N6O8S3. The van der Waals surface area contributed by atoms with Gasteiger partial charge < -0.3 is 30.2 Å². The van der Waals surface area contributed by atoms with Gasteiger partial charge in [-0.15, -0.1) is 22.7 Å². The molecule has 17 heteroatoms. The van der Waals surface area contributed by atoms with Crippen LogP contribution in [0, 0.1) is 0 Å². The molecule has 81 heavy (non-hydrogen) atoms. The quantitative estimate of drug-likeness (QED) is 0.0498. The normalized spacial score (nSPS) is 11.3. The smallest absolute Gasteiger partial charge is 0.303 e. The van der Waals surface area contributed by atoms with Crippen LogP contribution in [0.1, 0.15) is 47.9 Å². The summed E-state index contributed by atoms with van der Waals surface area (Å²) >= 11 is 4.30. The molecule has 7 aromatic carbocycles. The molecule has 4 aromatic heterocycles. The van der Waals surface area contributed by atoms with Gasteiger partial charge in [-0.25, -0.2) is 9.97 Å². The Morgan fingerprint density at radius 2 is 0.630 bits per heavy atom. The van der Waals surface area contributed by atoms with Gasteiger partial charge in [0.25, 0.3) is 0 Å². The Morgan fingerprint density at radius 1 is 0.358 bits per heavy atom. The Balaban J connectivity index is 1.04. The van der Waals surface area contributed by atoms with Crippen molar-refractivity contribution < 1.29 is 39.6 Å². The number of hydrogen-bond acceptors (Lipinski definition) is 13. The molecule has 0 saturated carbocycles. The second-order valence-electron chi connectivity index (χ2n) is 19.3. The molecule has 0 amide bonds. The van der Waals surface area contributed by atoms with Gasteiger partial charge in [0.2, 0.25) is 0 Å². The van der Waals surface area contributed by atoms with Crippen molar-refractivity contribution in [3.63, 3.8) is 0 Å². The molecule has 0 aliphatic carbocycles. The van der Waals surface area contributed by atoms with Crippen molar-refractivity contribution in [1.82, 2.24) is 18.7 Å². The summed E-state index contributed by atoms with van der Waals surface area (Å²) in [6, 6.07) is 55.9. The van der Waals surface area contributed by atoms with Crippen molar-refractivity contribution in [2.24, 2.45) is 0 Å². The van der Waals surface area contributed by atoms with Crippen molar-refractivity contribution in [3.05, 3.63) is 203 Å². The average molecular weight is 1130 g/mol. The Bertz CT molecular complexity index is 3660. The van der Waals surface area contributed by atoms with Crippen molar-refractivity contribution in [2.45, 2.75) is 51.4 Å². The number of nitrogens with zero attached hydrogens (tertiary/aromatic N) is 6. The summed E-state index contributed by atoms with van der Waals surface area (Å²) in [6.07, 6.45) is 1.67. The highest BCUT2D eigenvalue weighted by molar-refractivity contribution is 7.14. The van der Waals surface area contributed by atoms with Crippen LogP contribution in [0.25, 0.3) is 65.5 Å². The number of anilines is 6. The fourth-order valence-electron chi connectivity index (χ4n) is 9.94. The first kappa shape index (κ1) is 53.6. The summed E-state index contributed by atoms with van der Waals surface area (Å²) in [5.74, 6) is -3.45. The number of aromatic nitrogens is 4. The summed E-state index contributed by atoms with van der Waals surface area (Å²) in [7, 11) is 0. The number of aliphatic carboxylic acids is 4. The monoisotopic (exact) mass is 1130 g/mol. The van der Waals surface area contributed by atoms with Crippen LogP contribution >= 0.6 is 34.4 Å². The predicted octanol–water partition coefficient (Wildman–Crippen LogP) is 15.4. The second kappa shape index (κ2) is 23.9. The number of aryl methyl sites for hydroxylation is 4. The molecule has 0 unspecified atom stereocenters. The third-order valence-electron chi connectivity index (χ3n) is 14.0. The fourth-order valence-corrected chi connectivity index (χ4v) is 11.9. The molecule has 11 aromatic rings. The highest BCUT2D eigenvalue weighted by Gasteiger charge is 2.27. The van der Waals surface area contributed by atoms with E-state index in [2.05, 4.69) is 46.2 Å². The lowest BCUT2D eigenvalue weighted by Gasteiger charge is -2.26. The van der Waals surface area contributed by atoms with Crippen LogP contribution < -0.4 is 9.80 Å². The number of carboxylic acid groups (broad SMARTS) is 4. The number of rotatable bonds is 22. The van der Waals surface area contributed by atoms with Crippen LogP contribution in [0.5, 0.6) is 0 Å². The molecule has 0 saturated heterocycles. The topological polar surface area (TPSA) is 207 Å². The van der Waals surface area contributed by atoms with Gasteiger partial charge >= 0.3 is 23.9 Å². The molecule has 0 atom stereocenters. The summed E-state index contributed by atoms with van der Waals surface area (Å²) < 4.78 is 10.0. The first-order valence-electron chi connectivity index (χ1n) is 26.1. The predicted molar refractivity (Wildman–Crippen MR) is 321 cm³/mol. The molecule has 14 nitrogen and oxygen atoms in total. The van der Waals surface area contributed by atoms with Gasteiger partial charge in [0.15, 0.2) is 0 Å². The zero-order valence-electron chi connectivity index (χ0n) is 43.3. The summed E-state index contributed by atoms with van der Waals surface area (Å²) in [5.41, 5.74) is 16.0. The molecule has 402 valence electrons. The van der Waals surface area contributed by atoms with E-state index in [0.29, 0.717) is 47.8 Å². The van der Waals surface area contributed by atoms with Crippen molar-refractivity contribution >= 4 is 114 Å². The van der Waals surface area contributed by atoms with E-state index in [4.69, 9.17) is 18.7 Å². The molecule has 0 aliphatic rings. The van der Waals surface area contributed by atoms with Crippen LogP contribution in [0.4, 0.5) is 34.1 Å². The average Bonchev–Trinajstić information content (AvgIpc) is 4.47. The fraction of sp³-hybridized carbons (Fsp3) is 0.125. The maximum absolute atomic E-state index is 11.4. The number of benzene rings is 7. The third kappa shape index (κ3) is 12.0. The van der Waals surface area contributed by atoms with E-state index in [9.17, 15) is 39.6 Å². The molecule has 11 rings (SSSR count). The Kier molecular flexibility index (Phi) is 15.8. The SMILES string of the molecule is O=C(O)CCc1ccc(N(c2ccc(CCC(=O)O)cc2)c2ccc(-c3c4nsnc4c(-c4ccc(N(c5ccc(CCC(=O)O)cc5)c5ccc(CCC(=O)O)cc5)cc4)c4nc(-c5cccs5)c(-c5cccs5)nc34)cc2)cc1. The minimum Gasteiger partial charge on any atom is -0.481 e. The molecule has 0 spiro atoms. The third-order valence-corrected chi connectivity index (χ3v) is 16.2. The molecule has 0 fully saturated rings. The van der Waals surface area contributed by atoms with Crippen molar-refractivity contribution in [3.8, 4) is 43.4 Å². The zero-order chi connectivity index (χ0) is 56.0. The van der Waals surface area contributed by atoms with Gasteiger partial charge in [-0.2, -0.15) is 8.75 Å². The number of carboxylic acids is 4. The van der Waals surface area contributed by atoms with Gasteiger partial charge in [-0.1, -0.05) is 84.9 Å². The van der Waals surface area contributed by atoms with Crippen molar-refractivity contribution in [2.75, 3.05) is 9.80 Å². The molecule has 0 radical (unpaired) electrons. The second-order valence-corrected chi connectivity index (χ2v) is 21.7. The molecule has 4 N–H and O–H groups in total. The maximum atomic E-state index is 11.4. The lowest BCUT2D eigenvalue weighted by atomic mass is 9.94. The number of fused-ring (bicyclic) bond motifs is 2. The number of hydrogen-bond donors (Lipinski definition) is 4. The Morgan fingerprint density at radius 3 is 0.877 bits per heavy atom. The molecule has 4 heterocycles.